The summed E-state index contributed by atoms with van der Waals surface area (Å²) < 4.78 is 27.4. The molecule has 0 spiro atoms. The summed E-state index contributed by atoms with van der Waals surface area (Å²) in [5, 5.41) is 3.40. The Morgan fingerprint density at radius 1 is 1.24 bits per heavy atom. The minimum Gasteiger partial charge on any atom is -0.317 e. The summed E-state index contributed by atoms with van der Waals surface area (Å²) in [6.07, 6.45) is 3.35. The summed E-state index contributed by atoms with van der Waals surface area (Å²) in [7, 11) is 0. The fourth-order valence-electron chi connectivity index (χ4n) is 3.63. The Morgan fingerprint density at radius 2 is 2.00 bits per heavy atom. The van der Waals surface area contributed by atoms with Crippen LogP contribution in [0.25, 0.3) is 0 Å². The van der Waals surface area contributed by atoms with E-state index >= 15 is 0 Å². The van der Waals surface area contributed by atoms with Crippen LogP contribution in [0.2, 0.25) is 0 Å². The fraction of sp³-hybridized carbons (Fsp3) is 0.667. The van der Waals surface area contributed by atoms with Gasteiger partial charge in [0, 0.05) is 6.07 Å². The van der Waals surface area contributed by atoms with Crippen LogP contribution in [-0.4, -0.2) is 13.1 Å². The molecule has 0 aliphatic heterocycles. The molecule has 1 aromatic rings. The maximum absolute atomic E-state index is 14.2. The molecule has 21 heavy (non-hydrogen) atoms. The van der Waals surface area contributed by atoms with Gasteiger partial charge in [0.25, 0.3) is 0 Å². The highest BCUT2D eigenvalue weighted by molar-refractivity contribution is 5.24. The molecule has 0 saturated heterocycles. The van der Waals surface area contributed by atoms with Crippen molar-refractivity contribution in [1.29, 1.82) is 0 Å². The average molecular weight is 295 g/mol. The molecule has 1 fully saturated rings. The molecule has 0 aromatic heterocycles. The van der Waals surface area contributed by atoms with Crippen molar-refractivity contribution in [2.45, 2.75) is 46.0 Å². The van der Waals surface area contributed by atoms with E-state index in [1.165, 1.54) is 12.5 Å². The highest BCUT2D eigenvalue weighted by Gasteiger charge is 2.33. The Morgan fingerprint density at radius 3 is 2.62 bits per heavy atom. The molecule has 0 amide bonds. The minimum absolute atomic E-state index is 0.200. The smallest absolute Gasteiger partial charge is 0.129 e. The van der Waals surface area contributed by atoms with E-state index in [4.69, 9.17) is 0 Å². The molecule has 2 rings (SSSR count). The molecule has 1 aromatic carbocycles. The van der Waals surface area contributed by atoms with Crippen molar-refractivity contribution in [3.63, 3.8) is 0 Å². The average Bonchev–Trinajstić information content (AvgIpc) is 2.45. The number of nitrogens with one attached hydrogen (secondary N) is 1. The van der Waals surface area contributed by atoms with Gasteiger partial charge in [-0.2, -0.15) is 0 Å². The van der Waals surface area contributed by atoms with Gasteiger partial charge in [-0.25, -0.2) is 8.78 Å². The van der Waals surface area contributed by atoms with E-state index in [1.807, 2.05) is 0 Å². The lowest BCUT2D eigenvalue weighted by Crippen LogP contribution is -2.33. The van der Waals surface area contributed by atoms with Crippen molar-refractivity contribution in [2.75, 3.05) is 13.1 Å². The molecule has 1 aliphatic carbocycles. The molecule has 0 radical (unpaired) electrons. The van der Waals surface area contributed by atoms with Crippen LogP contribution in [0, 0.1) is 29.4 Å². The minimum atomic E-state index is -0.490. The quantitative estimate of drug-likeness (QED) is 0.828. The first kappa shape index (κ1) is 16.4. The third-order valence-corrected chi connectivity index (χ3v) is 5.00. The lowest BCUT2D eigenvalue weighted by atomic mass is 9.68. The zero-order valence-corrected chi connectivity index (χ0v) is 13.3. The standard InChI is InChI=1S/C18H27F2N/c1-4-21-11-14-6-5-13(12(2)3)9-17(14)16-8-7-15(19)10-18(16)20/h7-8,10,12-14,17,21H,4-6,9,11H2,1-3H3. The lowest BCUT2D eigenvalue weighted by molar-refractivity contribution is 0.188. The van der Waals surface area contributed by atoms with Gasteiger partial charge >= 0.3 is 0 Å². The van der Waals surface area contributed by atoms with E-state index in [0.29, 0.717) is 23.3 Å². The van der Waals surface area contributed by atoms with Gasteiger partial charge < -0.3 is 5.32 Å². The maximum atomic E-state index is 14.2. The third-order valence-electron chi connectivity index (χ3n) is 5.00. The van der Waals surface area contributed by atoms with Crippen LogP contribution in [0.3, 0.4) is 0 Å². The molecular formula is C18H27F2N. The second-order valence-electron chi connectivity index (χ2n) is 6.66. The van der Waals surface area contributed by atoms with Gasteiger partial charge in [-0.1, -0.05) is 26.8 Å². The molecule has 3 heteroatoms. The van der Waals surface area contributed by atoms with Crippen LogP contribution in [0.1, 0.15) is 51.5 Å². The summed E-state index contributed by atoms with van der Waals surface area (Å²) in [4.78, 5) is 0. The normalized spacial score (nSPS) is 26.3. The predicted octanol–water partition coefficient (Wildman–Crippen LogP) is 4.73. The SMILES string of the molecule is CCNCC1CCC(C(C)C)CC1c1ccc(F)cc1F. The first-order valence-electron chi connectivity index (χ1n) is 8.18. The van der Waals surface area contributed by atoms with Crippen molar-refractivity contribution < 1.29 is 8.78 Å². The monoisotopic (exact) mass is 295 g/mol. The van der Waals surface area contributed by atoms with Gasteiger partial charge in [-0.3, -0.25) is 0 Å². The van der Waals surface area contributed by atoms with Crippen molar-refractivity contribution in [3.05, 3.63) is 35.4 Å². The second-order valence-corrected chi connectivity index (χ2v) is 6.66. The molecule has 1 aliphatic rings. The van der Waals surface area contributed by atoms with Gasteiger partial charge in [0.05, 0.1) is 0 Å². The summed E-state index contributed by atoms with van der Waals surface area (Å²) >= 11 is 0. The summed E-state index contributed by atoms with van der Waals surface area (Å²) in [5.41, 5.74) is 0.699. The Bertz CT molecular complexity index is 459. The molecule has 1 nitrogen and oxygen atoms in total. The van der Waals surface area contributed by atoms with Crippen molar-refractivity contribution in [1.82, 2.24) is 5.32 Å². The van der Waals surface area contributed by atoms with Crippen molar-refractivity contribution in [2.24, 2.45) is 17.8 Å². The third kappa shape index (κ3) is 4.03. The number of hydrogen-bond donors (Lipinski definition) is 1. The van der Waals surface area contributed by atoms with E-state index in [0.717, 1.165) is 32.0 Å². The Balaban J connectivity index is 2.23. The van der Waals surface area contributed by atoms with Gasteiger partial charge in [-0.05, 0) is 67.7 Å². The highest BCUT2D eigenvalue weighted by Crippen LogP contribution is 2.43. The number of hydrogen-bond acceptors (Lipinski definition) is 1. The number of benzene rings is 1. The molecule has 118 valence electrons. The first-order chi connectivity index (χ1) is 10.0. The van der Waals surface area contributed by atoms with Gasteiger partial charge in [0.1, 0.15) is 11.6 Å². The van der Waals surface area contributed by atoms with E-state index in [1.54, 1.807) is 6.07 Å². The van der Waals surface area contributed by atoms with Crippen molar-refractivity contribution >= 4 is 0 Å². The topological polar surface area (TPSA) is 12.0 Å². The summed E-state index contributed by atoms with van der Waals surface area (Å²) in [5.74, 6) is 1.03. The van der Waals surface area contributed by atoms with E-state index in [-0.39, 0.29) is 11.7 Å². The molecule has 3 atom stereocenters. The molecule has 0 bridgehead atoms. The number of halogens is 2. The van der Waals surface area contributed by atoms with Crippen LogP contribution in [0.4, 0.5) is 8.78 Å². The Kier molecular flexibility index (Phi) is 5.74. The molecule has 1 saturated carbocycles. The largest absolute Gasteiger partial charge is 0.317 e. The van der Waals surface area contributed by atoms with Gasteiger partial charge in [0.2, 0.25) is 0 Å². The Labute approximate surface area is 127 Å². The first-order valence-corrected chi connectivity index (χ1v) is 8.18. The van der Waals surface area contributed by atoms with Gasteiger partial charge in [0.15, 0.2) is 0 Å². The molecular weight excluding hydrogens is 268 g/mol. The molecule has 3 unspecified atom stereocenters. The predicted molar refractivity (Wildman–Crippen MR) is 83.3 cm³/mol. The fourth-order valence-corrected chi connectivity index (χ4v) is 3.63. The van der Waals surface area contributed by atoms with E-state index in [9.17, 15) is 8.78 Å². The number of rotatable bonds is 5. The second kappa shape index (κ2) is 7.35. The zero-order chi connectivity index (χ0) is 15.4. The van der Waals surface area contributed by atoms with Crippen LogP contribution in [-0.2, 0) is 0 Å². The summed E-state index contributed by atoms with van der Waals surface area (Å²) in [6.45, 7) is 8.43. The van der Waals surface area contributed by atoms with Gasteiger partial charge in [-0.15, -0.1) is 0 Å². The maximum Gasteiger partial charge on any atom is 0.129 e. The molecule has 0 heterocycles. The Hall–Kier alpha value is -0.960. The van der Waals surface area contributed by atoms with Crippen molar-refractivity contribution in [3.8, 4) is 0 Å². The summed E-state index contributed by atoms with van der Waals surface area (Å²) in [6, 6.07) is 4.07. The van der Waals surface area contributed by atoms with Crippen LogP contribution >= 0.6 is 0 Å². The lowest BCUT2D eigenvalue weighted by Gasteiger charge is -2.38. The van der Waals surface area contributed by atoms with Crippen LogP contribution in [0.5, 0.6) is 0 Å². The van der Waals surface area contributed by atoms with Crippen LogP contribution < -0.4 is 5.32 Å². The zero-order valence-electron chi connectivity index (χ0n) is 13.3. The van der Waals surface area contributed by atoms with E-state index < -0.39 is 5.82 Å². The molecule has 1 N–H and O–H groups in total. The van der Waals surface area contributed by atoms with Crippen LogP contribution in [0.15, 0.2) is 18.2 Å². The highest BCUT2D eigenvalue weighted by atomic mass is 19.1. The van der Waals surface area contributed by atoms with E-state index in [2.05, 4.69) is 26.1 Å².